The molecular formula is C20H28FIN4S. The number of nitrogens with one attached hydrogen (secondary N) is 2. The summed E-state index contributed by atoms with van der Waals surface area (Å²) >= 11 is 1.76. The van der Waals surface area contributed by atoms with Crippen LogP contribution in [0.4, 0.5) is 4.39 Å². The van der Waals surface area contributed by atoms with E-state index in [0.29, 0.717) is 6.54 Å². The maximum absolute atomic E-state index is 13.5. The minimum absolute atomic E-state index is 0. The average Bonchev–Trinajstić information content (AvgIpc) is 3.34. The lowest BCUT2D eigenvalue weighted by molar-refractivity contribution is 0.615. The maximum Gasteiger partial charge on any atom is 0.191 e. The van der Waals surface area contributed by atoms with Crippen LogP contribution in [0, 0.1) is 19.7 Å². The van der Waals surface area contributed by atoms with Crippen molar-refractivity contribution >= 4 is 41.3 Å². The van der Waals surface area contributed by atoms with Gasteiger partial charge in [-0.1, -0.05) is 12.1 Å². The summed E-state index contributed by atoms with van der Waals surface area (Å²) in [6, 6.07) is 6.95. The Morgan fingerprint density at radius 2 is 2.07 bits per heavy atom. The minimum atomic E-state index is -0.170. The zero-order valence-corrected chi connectivity index (χ0v) is 19.3. The molecule has 2 N–H and O–H groups in total. The Bertz CT molecular complexity index is 767. The normalized spacial score (nSPS) is 15.2. The molecule has 27 heavy (non-hydrogen) atoms. The number of aromatic nitrogens is 1. The second kappa shape index (κ2) is 9.82. The van der Waals surface area contributed by atoms with E-state index in [1.807, 2.05) is 6.07 Å². The molecule has 3 rings (SSSR count). The molecule has 0 amide bonds. The third kappa shape index (κ3) is 5.88. The van der Waals surface area contributed by atoms with Gasteiger partial charge in [0.25, 0.3) is 0 Å². The van der Waals surface area contributed by atoms with E-state index < -0.39 is 0 Å². The van der Waals surface area contributed by atoms with Crippen LogP contribution in [0.5, 0.6) is 0 Å². The summed E-state index contributed by atoms with van der Waals surface area (Å²) in [4.78, 5) is 10.6. The SMILES string of the molecule is CCNC(=NCC1(c2cccc(F)c2)CC1)NCCc1nc(C)c(C)s1.I. The molecule has 0 atom stereocenters. The van der Waals surface area contributed by atoms with Crippen LogP contribution in [-0.4, -0.2) is 30.6 Å². The molecule has 7 heteroatoms. The number of thiazole rings is 1. The molecule has 1 aromatic carbocycles. The Labute approximate surface area is 182 Å². The number of hydrogen-bond donors (Lipinski definition) is 2. The Morgan fingerprint density at radius 3 is 2.67 bits per heavy atom. The molecule has 0 bridgehead atoms. The van der Waals surface area contributed by atoms with Crippen molar-refractivity contribution < 1.29 is 4.39 Å². The van der Waals surface area contributed by atoms with Crippen molar-refractivity contribution in [2.75, 3.05) is 19.6 Å². The molecule has 1 fully saturated rings. The van der Waals surface area contributed by atoms with Crippen LogP contribution in [-0.2, 0) is 11.8 Å². The van der Waals surface area contributed by atoms with Crippen LogP contribution in [0.25, 0.3) is 0 Å². The van der Waals surface area contributed by atoms with Gasteiger partial charge in [-0.3, -0.25) is 4.99 Å². The highest BCUT2D eigenvalue weighted by molar-refractivity contribution is 14.0. The first-order chi connectivity index (χ1) is 12.5. The van der Waals surface area contributed by atoms with Gasteiger partial charge >= 0.3 is 0 Å². The summed E-state index contributed by atoms with van der Waals surface area (Å²) in [6.07, 6.45) is 3.02. The molecule has 1 saturated carbocycles. The Kier molecular flexibility index (Phi) is 8.03. The highest BCUT2D eigenvalue weighted by Gasteiger charge is 2.44. The lowest BCUT2D eigenvalue weighted by Gasteiger charge is -2.16. The number of halogens is 2. The van der Waals surface area contributed by atoms with Crippen LogP contribution in [0.1, 0.15) is 40.9 Å². The number of aliphatic imine (C=N–C) groups is 1. The van der Waals surface area contributed by atoms with Crippen molar-refractivity contribution in [1.82, 2.24) is 15.6 Å². The van der Waals surface area contributed by atoms with E-state index in [1.165, 1.54) is 10.9 Å². The highest BCUT2D eigenvalue weighted by atomic mass is 127. The third-order valence-electron chi connectivity index (χ3n) is 4.88. The molecule has 1 aromatic heterocycles. The molecule has 148 valence electrons. The van der Waals surface area contributed by atoms with Crippen molar-refractivity contribution in [3.05, 3.63) is 51.2 Å². The van der Waals surface area contributed by atoms with Crippen molar-refractivity contribution in [3.8, 4) is 0 Å². The van der Waals surface area contributed by atoms with E-state index >= 15 is 0 Å². The zero-order chi connectivity index (χ0) is 18.6. The Balaban J connectivity index is 0.00000261. The summed E-state index contributed by atoms with van der Waals surface area (Å²) in [5, 5.41) is 7.84. The topological polar surface area (TPSA) is 49.3 Å². The average molecular weight is 502 g/mol. The lowest BCUT2D eigenvalue weighted by Crippen LogP contribution is -2.39. The van der Waals surface area contributed by atoms with Gasteiger partial charge in [0, 0.05) is 29.8 Å². The summed E-state index contributed by atoms with van der Waals surface area (Å²) in [5.41, 5.74) is 2.19. The molecule has 1 heterocycles. The number of benzene rings is 1. The van der Waals surface area contributed by atoms with Gasteiger partial charge in [-0.25, -0.2) is 9.37 Å². The third-order valence-corrected chi connectivity index (χ3v) is 6.01. The van der Waals surface area contributed by atoms with Crippen LogP contribution >= 0.6 is 35.3 Å². The van der Waals surface area contributed by atoms with Crippen LogP contribution in [0.2, 0.25) is 0 Å². The number of rotatable bonds is 7. The molecule has 1 aliphatic rings. The number of guanidine groups is 1. The molecule has 1 aliphatic carbocycles. The van der Waals surface area contributed by atoms with Crippen molar-refractivity contribution in [3.63, 3.8) is 0 Å². The van der Waals surface area contributed by atoms with Gasteiger partial charge in [-0.15, -0.1) is 35.3 Å². The molecule has 0 unspecified atom stereocenters. The maximum atomic E-state index is 13.5. The molecule has 4 nitrogen and oxygen atoms in total. The smallest absolute Gasteiger partial charge is 0.191 e. The minimum Gasteiger partial charge on any atom is -0.357 e. The van der Waals surface area contributed by atoms with Crippen molar-refractivity contribution in [1.29, 1.82) is 0 Å². The molecular weight excluding hydrogens is 474 g/mol. The summed E-state index contributed by atoms with van der Waals surface area (Å²) < 4.78 is 13.5. The monoisotopic (exact) mass is 502 g/mol. The highest BCUT2D eigenvalue weighted by Crippen LogP contribution is 2.48. The second-order valence-corrected chi connectivity index (χ2v) is 8.20. The van der Waals surface area contributed by atoms with Gasteiger partial charge in [0.1, 0.15) is 5.82 Å². The molecule has 2 aromatic rings. The van der Waals surface area contributed by atoms with E-state index in [4.69, 9.17) is 4.99 Å². The van der Waals surface area contributed by atoms with Gasteiger partial charge < -0.3 is 10.6 Å². The van der Waals surface area contributed by atoms with Crippen LogP contribution < -0.4 is 10.6 Å². The zero-order valence-electron chi connectivity index (χ0n) is 16.1. The van der Waals surface area contributed by atoms with E-state index in [-0.39, 0.29) is 35.2 Å². The fourth-order valence-corrected chi connectivity index (χ4v) is 3.95. The van der Waals surface area contributed by atoms with Gasteiger partial charge in [-0.2, -0.15) is 0 Å². The first-order valence-corrected chi connectivity index (χ1v) is 10.1. The Morgan fingerprint density at radius 1 is 1.30 bits per heavy atom. The summed E-state index contributed by atoms with van der Waals surface area (Å²) in [5.74, 6) is 0.650. The molecule has 0 spiro atoms. The Hall–Kier alpha value is -1.22. The standard InChI is InChI=1S/C20H27FN4S.HI/c1-4-22-19(23-11-8-18-25-14(2)15(3)26-18)24-13-20(9-10-20)16-6-5-7-17(21)12-16;/h5-7,12H,4,8-11,13H2,1-3H3,(H2,22,23,24);1H. The molecule has 0 radical (unpaired) electrons. The fraction of sp³-hybridized carbons (Fsp3) is 0.500. The first kappa shape index (κ1) is 22.1. The summed E-state index contributed by atoms with van der Waals surface area (Å²) in [7, 11) is 0. The van der Waals surface area contributed by atoms with Gasteiger partial charge in [0.15, 0.2) is 5.96 Å². The second-order valence-electron chi connectivity index (χ2n) is 6.91. The van der Waals surface area contributed by atoms with E-state index in [2.05, 4.69) is 36.4 Å². The summed E-state index contributed by atoms with van der Waals surface area (Å²) in [6.45, 7) is 8.51. The first-order valence-electron chi connectivity index (χ1n) is 9.23. The number of nitrogens with zero attached hydrogens (tertiary/aromatic N) is 2. The quantitative estimate of drug-likeness (QED) is 0.337. The van der Waals surface area contributed by atoms with E-state index in [9.17, 15) is 4.39 Å². The van der Waals surface area contributed by atoms with Crippen LogP contribution in [0.15, 0.2) is 29.3 Å². The van der Waals surface area contributed by atoms with E-state index in [0.717, 1.165) is 54.6 Å². The van der Waals surface area contributed by atoms with Crippen molar-refractivity contribution in [2.45, 2.75) is 45.4 Å². The molecule has 0 saturated heterocycles. The van der Waals surface area contributed by atoms with Gasteiger partial charge in [-0.05, 0) is 51.3 Å². The molecule has 0 aliphatic heterocycles. The number of hydrogen-bond acceptors (Lipinski definition) is 3. The predicted molar refractivity (Wildman–Crippen MR) is 122 cm³/mol. The largest absolute Gasteiger partial charge is 0.357 e. The van der Waals surface area contributed by atoms with Gasteiger partial charge in [0.2, 0.25) is 0 Å². The van der Waals surface area contributed by atoms with Crippen LogP contribution in [0.3, 0.4) is 0 Å². The number of aryl methyl sites for hydroxylation is 2. The predicted octanol–water partition coefficient (Wildman–Crippen LogP) is 4.35. The fourth-order valence-electron chi connectivity index (χ4n) is 3.01. The van der Waals surface area contributed by atoms with Gasteiger partial charge in [0.05, 0.1) is 17.2 Å². The lowest BCUT2D eigenvalue weighted by atomic mass is 9.96. The van der Waals surface area contributed by atoms with Crippen molar-refractivity contribution in [2.24, 2.45) is 4.99 Å². The van der Waals surface area contributed by atoms with E-state index in [1.54, 1.807) is 23.5 Å².